The molecule has 0 spiro atoms. The highest BCUT2D eigenvalue weighted by atomic mass is 35.5. The molecule has 6 heteroatoms. The van der Waals surface area contributed by atoms with Crippen LogP contribution in [0.2, 0.25) is 5.02 Å². The molecule has 0 aliphatic carbocycles. The van der Waals surface area contributed by atoms with E-state index in [1.807, 2.05) is 0 Å². The van der Waals surface area contributed by atoms with Crippen LogP contribution >= 0.6 is 11.6 Å². The summed E-state index contributed by atoms with van der Waals surface area (Å²) >= 11 is 5.49. The molecule has 102 valence electrons. The fourth-order valence-electron chi connectivity index (χ4n) is 1.40. The topological polar surface area (TPSA) is 32.3 Å². The minimum absolute atomic E-state index is 0.160. The summed E-state index contributed by atoms with van der Waals surface area (Å²) in [5.74, 6) is -4.49. The van der Waals surface area contributed by atoms with Gasteiger partial charge in [-0.25, -0.2) is 13.2 Å². The van der Waals surface area contributed by atoms with Crippen molar-refractivity contribution in [3.05, 3.63) is 34.6 Å². The molecule has 0 amide bonds. The first-order valence-electron chi connectivity index (χ1n) is 5.49. The summed E-state index contributed by atoms with van der Waals surface area (Å²) < 4.78 is 40.8. The zero-order valence-electron chi connectivity index (χ0n) is 10.1. The maximum absolute atomic E-state index is 13.7. The van der Waals surface area contributed by atoms with Gasteiger partial charge in [0.15, 0.2) is 0 Å². The molecule has 18 heavy (non-hydrogen) atoms. The molecule has 2 N–H and O–H groups in total. The molecule has 2 nitrogen and oxygen atoms in total. The molecule has 0 aromatic heterocycles. The van der Waals surface area contributed by atoms with Crippen LogP contribution < -0.4 is 5.32 Å². The molecule has 0 aliphatic heterocycles. The van der Waals surface area contributed by atoms with E-state index in [0.29, 0.717) is 0 Å². The summed E-state index contributed by atoms with van der Waals surface area (Å²) in [6.07, 6.45) is -2.23. The van der Waals surface area contributed by atoms with E-state index in [9.17, 15) is 18.3 Å². The fourth-order valence-corrected chi connectivity index (χ4v) is 1.58. The summed E-state index contributed by atoms with van der Waals surface area (Å²) in [5.41, 5.74) is -0.502. The third-order valence-electron chi connectivity index (χ3n) is 2.42. The molecule has 0 bridgehead atoms. The Balaban J connectivity index is 2.91. The Labute approximate surface area is 109 Å². The molecule has 0 saturated carbocycles. The first kappa shape index (κ1) is 15.3. The summed E-state index contributed by atoms with van der Waals surface area (Å²) in [6, 6.07) is 3.48. The van der Waals surface area contributed by atoms with Gasteiger partial charge in [0.2, 0.25) is 0 Å². The van der Waals surface area contributed by atoms with Crippen molar-refractivity contribution in [3.8, 4) is 0 Å². The van der Waals surface area contributed by atoms with Crippen molar-refractivity contribution in [1.29, 1.82) is 0 Å². The van der Waals surface area contributed by atoms with Crippen LogP contribution in [0.5, 0.6) is 0 Å². The van der Waals surface area contributed by atoms with Gasteiger partial charge in [-0.3, -0.25) is 0 Å². The van der Waals surface area contributed by atoms with Crippen LogP contribution in [-0.4, -0.2) is 23.6 Å². The van der Waals surface area contributed by atoms with E-state index in [1.165, 1.54) is 12.1 Å². The highest BCUT2D eigenvalue weighted by Crippen LogP contribution is 2.34. The van der Waals surface area contributed by atoms with Gasteiger partial charge in [0.1, 0.15) is 11.9 Å². The van der Waals surface area contributed by atoms with Gasteiger partial charge in [0, 0.05) is 11.6 Å². The number of nitrogens with one attached hydrogen (secondary N) is 1. The normalized spacial score (nSPS) is 14.0. The van der Waals surface area contributed by atoms with E-state index in [4.69, 9.17) is 11.6 Å². The van der Waals surface area contributed by atoms with Crippen molar-refractivity contribution in [2.75, 3.05) is 6.54 Å². The molecule has 1 rings (SSSR count). The number of benzene rings is 1. The Morgan fingerprint density at radius 1 is 1.39 bits per heavy atom. The van der Waals surface area contributed by atoms with E-state index < -0.39 is 30.0 Å². The van der Waals surface area contributed by atoms with Crippen LogP contribution in [0.4, 0.5) is 13.2 Å². The van der Waals surface area contributed by atoms with Crippen LogP contribution in [0, 0.1) is 5.82 Å². The third-order valence-corrected chi connectivity index (χ3v) is 2.71. The zero-order valence-corrected chi connectivity index (χ0v) is 10.8. The van der Waals surface area contributed by atoms with Gasteiger partial charge >= 0.3 is 0 Å². The Morgan fingerprint density at radius 2 is 2.00 bits per heavy atom. The Hall–Kier alpha value is -0.780. The smallest absolute Gasteiger partial charge is 0.289 e. The highest BCUT2D eigenvalue weighted by molar-refractivity contribution is 6.30. The van der Waals surface area contributed by atoms with Crippen LogP contribution in [0.1, 0.15) is 25.5 Å². The molecule has 1 aromatic rings. The zero-order chi connectivity index (χ0) is 13.9. The largest absolute Gasteiger partial charge is 0.382 e. The van der Waals surface area contributed by atoms with Crippen molar-refractivity contribution < 1.29 is 18.3 Å². The lowest BCUT2D eigenvalue weighted by Gasteiger charge is -2.24. The number of hydrogen-bond acceptors (Lipinski definition) is 2. The summed E-state index contributed by atoms with van der Waals surface area (Å²) in [4.78, 5) is 0. The Bertz CT molecular complexity index is 412. The quantitative estimate of drug-likeness (QED) is 0.869. The summed E-state index contributed by atoms with van der Waals surface area (Å²) in [5, 5.41) is 11.8. The minimum atomic E-state index is -3.48. The lowest BCUT2D eigenvalue weighted by Crippen LogP contribution is -2.41. The Kier molecular flexibility index (Phi) is 5.01. The summed E-state index contributed by atoms with van der Waals surface area (Å²) in [6.45, 7) is 2.66. The fraction of sp³-hybridized carbons (Fsp3) is 0.500. The number of aliphatic hydroxyl groups excluding tert-OH is 1. The van der Waals surface area contributed by atoms with E-state index in [2.05, 4.69) is 5.32 Å². The van der Waals surface area contributed by atoms with Gasteiger partial charge in [-0.1, -0.05) is 37.6 Å². The molecule has 1 unspecified atom stereocenters. The van der Waals surface area contributed by atoms with E-state index in [-0.39, 0.29) is 11.1 Å². The molecule has 0 heterocycles. The van der Waals surface area contributed by atoms with Crippen molar-refractivity contribution in [2.24, 2.45) is 0 Å². The van der Waals surface area contributed by atoms with Crippen LogP contribution in [-0.2, 0) is 0 Å². The third kappa shape index (κ3) is 3.60. The number of rotatable bonds is 5. The van der Waals surface area contributed by atoms with Crippen LogP contribution in [0.3, 0.4) is 0 Å². The monoisotopic (exact) mass is 281 g/mol. The van der Waals surface area contributed by atoms with Crippen LogP contribution in [0.25, 0.3) is 0 Å². The number of alkyl halides is 2. The van der Waals surface area contributed by atoms with Gasteiger partial charge in [-0.05, 0) is 6.07 Å². The maximum Gasteiger partial charge on any atom is 0.289 e. The van der Waals surface area contributed by atoms with Gasteiger partial charge in [0.25, 0.3) is 5.92 Å². The lowest BCUT2D eigenvalue weighted by molar-refractivity contribution is -0.110. The number of hydrogen-bond donors (Lipinski definition) is 2. The van der Waals surface area contributed by atoms with Crippen LogP contribution in [0.15, 0.2) is 18.2 Å². The predicted octanol–water partition coefficient (Wildman–Crippen LogP) is 3.15. The highest BCUT2D eigenvalue weighted by Gasteiger charge is 2.40. The molecular weight excluding hydrogens is 267 g/mol. The van der Waals surface area contributed by atoms with E-state index in [0.717, 1.165) is 6.07 Å². The number of aliphatic hydroxyl groups is 1. The van der Waals surface area contributed by atoms with Crippen molar-refractivity contribution in [2.45, 2.75) is 31.9 Å². The molecule has 1 aromatic carbocycles. The minimum Gasteiger partial charge on any atom is -0.382 e. The molecular formula is C12H15ClF3NO. The average molecular weight is 282 g/mol. The van der Waals surface area contributed by atoms with E-state index in [1.54, 1.807) is 13.8 Å². The SMILES string of the molecule is CC(C)NCC(F)(F)C(O)c1cccc(Cl)c1F. The van der Waals surface area contributed by atoms with Gasteiger partial charge in [-0.15, -0.1) is 0 Å². The van der Waals surface area contributed by atoms with Gasteiger partial charge < -0.3 is 10.4 Å². The molecule has 0 fully saturated rings. The molecule has 1 atom stereocenters. The Morgan fingerprint density at radius 3 is 2.56 bits per heavy atom. The van der Waals surface area contributed by atoms with Crippen molar-refractivity contribution >= 4 is 11.6 Å². The first-order valence-corrected chi connectivity index (χ1v) is 5.86. The maximum atomic E-state index is 13.7. The first-order chi connectivity index (χ1) is 8.25. The van der Waals surface area contributed by atoms with Gasteiger partial charge in [-0.2, -0.15) is 0 Å². The predicted molar refractivity (Wildman–Crippen MR) is 64.5 cm³/mol. The second-order valence-electron chi connectivity index (χ2n) is 4.34. The molecule has 0 saturated heterocycles. The second kappa shape index (κ2) is 5.91. The van der Waals surface area contributed by atoms with Crippen molar-refractivity contribution in [1.82, 2.24) is 5.32 Å². The number of halogens is 4. The lowest BCUT2D eigenvalue weighted by atomic mass is 10.0. The standard InChI is InChI=1S/C12H15ClF3NO/c1-7(2)17-6-12(15,16)11(18)8-4-3-5-9(13)10(8)14/h3-5,7,11,17-18H,6H2,1-2H3. The van der Waals surface area contributed by atoms with Gasteiger partial charge in [0.05, 0.1) is 11.6 Å². The average Bonchev–Trinajstić information content (AvgIpc) is 2.29. The second-order valence-corrected chi connectivity index (χ2v) is 4.75. The van der Waals surface area contributed by atoms with Crippen molar-refractivity contribution in [3.63, 3.8) is 0 Å². The molecule has 0 radical (unpaired) electrons. The van der Waals surface area contributed by atoms with E-state index >= 15 is 0 Å². The molecule has 0 aliphatic rings. The summed E-state index contributed by atoms with van der Waals surface area (Å²) in [7, 11) is 0.